The number of aromatic amines is 1. The van der Waals surface area contributed by atoms with Crippen LogP contribution in [-0.2, 0) is 22.5 Å². The van der Waals surface area contributed by atoms with Gasteiger partial charge in [0.15, 0.2) is 0 Å². The number of ether oxygens (including phenoxy) is 1. The van der Waals surface area contributed by atoms with Gasteiger partial charge in [-0.1, -0.05) is 0 Å². The van der Waals surface area contributed by atoms with Gasteiger partial charge in [0.2, 0.25) is 0 Å². The summed E-state index contributed by atoms with van der Waals surface area (Å²) in [4.78, 5) is 12.0. The van der Waals surface area contributed by atoms with E-state index in [0.717, 1.165) is 42.4 Å². The van der Waals surface area contributed by atoms with Gasteiger partial charge in [0, 0.05) is 12.2 Å². The average Bonchev–Trinajstić information content (AvgIpc) is 3.06. The Kier molecular flexibility index (Phi) is 3.72. The van der Waals surface area contributed by atoms with Crippen LogP contribution in [0.2, 0.25) is 0 Å². The van der Waals surface area contributed by atoms with E-state index in [2.05, 4.69) is 20.4 Å². The first-order valence-corrected chi connectivity index (χ1v) is 7.28. The van der Waals surface area contributed by atoms with Crippen molar-refractivity contribution in [2.45, 2.75) is 45.6 Å². The van der Waals surface area contributed by atoms with E-state index >= 15 is 0 Å². The van der Waals surface area contributed by atoms with Gasteiger partial charge in [-0.15, -0.1) is 10.2 Å². The van der Waals surface area contributed by atoms with Crippen molar-refractivity contribution in [2.24, 2.45) is 0 Å². The fourth-order valence-electron chi connectivity index (χ4n) is 2.76. The molecule has 0 spiro atoms. The van der Waals surface area contributed by atoms with Crippen molar-refractivity contribution in [1.29, 1.82) is 0 Å². The van der Waals surface area contributed by atoms with E-state index in [1.54, 1.807) is 0 Å². The monoisotopic (exact) mass is 289 g/mol. The highest BCUT2D eigenvalue weighted by atomic mass is 16.5. The average molecular weight is 289 g/mol. The molecule has 0 aromatic carbocycles. The van der Waals surface area contributed by atoms with E-state index in [0.29, 0.717) is 13.0 Å². The lowest BCUT2D eigenvalue weighted by molar-refractivity contribution is -0.145. The van der Waals surface area contributed by atoms with Crippen LogP contribution in [0, 0.1) is 6.92 Å². The summed E-state index contributed by atoms with van der Waals surface area (Å²) < 4.78 is 7.17. The molecule has 0 saturated carbocycles. The van der Waals surface area contributed by atoms with Crippen LogP contribution in [0.25, 0.3) is 0 Å². The van der Waals surface area contributed by atoms with Crippen LogP contribution >= 0.6 is 0 Å². The van der Waals surface area contributed by atoms with Crippen molar-refractivity contribution >= 4 is 5.97 Å². The lowest BCUT2D eigenvalue weighted by Gasteiger charge is -2.22. The SMILES string of the molecule is CCOC(=O)C1CCCn2c(Cc3cc(C)[nH]n3)nnc21. The standard InChI is InChI=1S/C14H19N5O2/c1-3-21-14(20)11-5-4-6-19-12(17-18-13(11)19)8-10-7-9(2)15-16-10/h7,11H,3-6,8H2,1-2H3,(H,15,16). The Morgan fingerprint density at radius 2 is 2.38 bits per heavy atom. The summed E-state index contributed by atoms with van der Waals surface area (Å²) >= 11 is 0. The van der Waals surface area contributed by atoms with Gasteiger partial charge in [0.05, 0.1) is 18.7 Å². The number of hydrogen-bond donors (Lipinski definition) is 1. The molecule has 21 heavy (non-hydrogen) atoms. The van der Waals surface area contributed by atoms with Gasteiger partial charge in [0.25, 0.3) is 0 Å². The van der Waals surface area contributed by atoms with Crippen LogP contribution in [0.1, 0.15) is 48.7 Å². The molecule has 3 rings (SSSR count). The van der Waals surface area contributed by atoms with E-state index in [1.165, 1.54) is 0 Å². The van der Waals surface area contributed by atoms with E-state index in [1.807, 2.05) is 24.5 Å². The molecule has 1 unspecified atom stereocenters. The van der Waals surface area contributed by atoms with Crippen LogP contribution < -0.4 is 0 Å². The molecule has 0 fully saturated rings. The molecule has 0 saturated heterocycles. The van der Waals surface area contributed by atoms with Crippen LogP contribution in [0.4, 0.5) is 0 Å². The molecule has 1 atom stereocenters. The predicted octanol–water partition coefficient (Wildman–Crippen LogP) is 1.34. The molecule has 0 amide bonds. The zero-order valence-electron chi connectivity index (χ0n) is 12.3. The third-order valence-electron chi connectivity index (χ3n) is 3.71. The van der Waals surface area contributed by atoms with Crippen molar-refractivity contribution in [3.63, 3.8) is 0 Å². The number of aromatic nitrogens is 5. The smallest absolute Gasteiger partial charge is 0.316 e. The molecule has 2 aromatic rings. The third-order valence-corrected chi connectivity index (χ3v) is 3.71. The molecule has 1 aliphatic heterocycles. The number of aryl methyl sites for hydroxylation is 1. The molecule has 3 heterocycles. The highest BCUT2D eigenvalue weighted by Crippen LogP contribution is 2.28. The summed E-state index contributed by atoms with van der Waals surface area (Å²) in [6.45, 7) is 5.02. The van der Waals surface area contributed by atoms with Crippen molar-refractivity contribution in [1.82, 2.24) is 25.0 Å². The first kappa shape index (κ1) is 13.8. The second kappa shape index (κ2) is 5.67. The van der Waals surface area contributed by atoms with Crippen molar-refractivity contribution in [3.05, 3.63) is 29.1 Å². The Hall–Kier alpha value is -2.18. The molecule has 0 aliphatic carbocycles. The molecule has 7 heteroatoms. The number of H-pyrrole nitrogens is 1. The maximum atomic E-state index is 12.0. The Balaban J connectivity index is 1.84. The summed E-state index contributed by atoms with van der Waals surface area (Å²) in [5.41, 5.74) is 1.95. The minimum Gasteiger partial charge on any atom is -0.465 e. The zero-order valence-corrected chi connectivity index (χ0v) is 12.3. The summed E-state index contributed by atoms with van der Waals surface area (Å²) in [5.74, 6) is 1.08. The van der Waals surface area contributed by atoms with Gasteiger partial charge in [-0.05, 0) is 32.8 Å². The first-order valence-electron chi connectivity index (χ1n) is 7.28. The number of nitrogens with zero attached hydrogens (tertiary/aromatic N) is 4. The number of fused-ring (bicyclic) bond motifs is 1. The number of esters is 1. The predicted molar refractivity (Wildman–Crippen MR) is 74.8 cm³/mol. The lowest BCUT2D eigenvalue weighted by atomic mass is 9.99. The number of carbonyl (C=O) groups is 1. The highest BCUT2D eigenvalue weighted by molar-refractivity contribution is 5.77. The van der Waals surface area contributed by atoms with E-state index in [-0.39, 0.29) is 11.9 Å². The molecule has 112 valence electrons. The van der Waals surface area contributed by atoms with E-state index in [4.69, 9.17) is 4.74 Å². The number of carbonyl (C=O) groups excluding carboxylic acids is 1. The molecular formula is C14H19N5O2. The van der Waals surface area contributed by atoms with Crippen LogP contribution in [0.5, 0.6) is 0 Å². The topological polar surface area (TPSA) is 85.7 Å². The molecule has 0 radical (unpaired) electrons. The van der Waals surface area contributed by atoms with Gasteiger partial charge in [0.1, 0.15) is 17.6 Å². The number of nitrogens with one attached hydrogen (secondary N) is 1. The van der Waals surface area contributed by atoms with E-state index in [9.17, 15) is 4.79 Å². The lowest BCUT2D eigenvalue weighted by Crippen LogP contribution is -2.25. The van der Waals surface area contributed by atoms with Crippen molar-refractivity contribution in [3.8, 4) is 0 Å². The van der Waals surface area contributed by atoms with Gasteiger partial charge in [-0.3, -0.25) is 9.89 Å². The summed E-state index contributed by atoms with van der Waals surface area (Å²) in [6, 6.07) is 1.99. The second-order valence-electron chi connectivity index (χ2n) is 5.29. The van der Waals surface area contributed by atoms with Gasteiger partial charge in [-0.2, -0.15) is 5.10 Å². The van der Waals surface area contributed by atoms with Crippen LogP contribution in [0.15, 0.2) is 6.07 Å². The number of hydrogen-bond acceptors (Lipinski definition) is 5. The molecular weight excluding hydrogens is 270 g/mol. The summed E-state index contributed by atoms with van der Waals surface area (Å²) in [7, 11) is 0. The summed E-state index contributed by atoms with van der Waals surface area (Å²) in [6.07, 6.45) is 2.33. The Bertz CT molecular complexity index is 646. The fraction of sp³-hybridized carbons (Fsp3) is 0.571. The van der Waals surface area contributed by atoms with Crippen molar-refractivity contribution in [2.75, 3.05) is 6.61 Å². The molecule has 2 aromatic heterocycles. The van der Waals surface area contributed by atoms with Gasteiger partial charge >= 0.3 is 5.97 Å². The largest absolute Gasteiger partial charge is 0.465 e. The zero-order chi connectivity index (χ0) is 14.8. The second-order valence-corrected chi connectivity index (χ2v) is 5.29. The molecule has 0 bridgehead atoms. The van der Waals surface area contributed by atoms with Crippen LogP contribution in [-0.4, -0.2) is 37.5 Å². The normalized spacial score (nSPS) is 17.5. The maximum absolute atomic E-state index is 12.0. The molecule has 1 N–H and O–H groups in total. The minimum absolute atomic E-state index is 0.201. The van der Waals surface area contributed by atoms with E-state index < -0.39 is 0 Å². The summed E-state index contributed by atoms with van der Waals surface area (Å²) in [5, 5.41) is 15.6. The van der Waals surface area contributed by atoms with Crippen molar-refractivity contribution < 1.29 is 9.53 Å². The Labute approximate surface area is 122 Å². The molecule has 7 nitrogen and oxygen atoms in total. The minimum atomic E-state index is -0.291. The first-order chi connectivity index (χ1) is 10.2. The van der Waals surface area contributed by atoms with Crippen LogP contribution in [0.3, 0.4) is 0 Å². The number of rotatable bonds is 4. The Morgan fingerprint density at radius 3 is 3.10 bits per heavy atom. The quantitative estimate of drug-likeness (QED) is 0.858. The third kappa shape index (κ3) is 2.68. The maximum Gasteiger partial charge on any atom is 0.316 e. The molecule has 1 aliphatic rings. The Morgan fingerprint density at radius 1 is 1.52 bits per heavy atom. The van der Waals surface area contributed by atoms with Gasteiger partial charge in [-0.25, -0.2) is 0 Å². The van der Waals surface area contributed by atoms with Gasteiger partial charge < -0.3 is 9.30 Å². The fourth-order valence-corrected chi connectivity index (χ4v) is 2.76. The highest BCUT2D eigenvalue weighted by Gasteiger charge is 2.31.